The van der Waals surface area contributed by atoms with Crippen molar-refractivity contribution in [2.45, 2.75) is 50.0 Å². The molecular weight excluding hydrogens is 393 g/mol. The lowest BCUT2D eigenvalue weighted by Crippen LogP contribution is -2.55. The van der Waals surface area contributed by atoms with Gasteiger partial charge in [0.1, 0.15) is 10.7 Å². The van der Waals surface area contributed by atoms with Gasteiger partial charge in [-0.2, -0.15) is 4.31 Å². The molecular formula is C18H29ClFN3O3S. The Balaban J connectivity index is 0.00000364. The van der Waals surface area contributed by atoms with Crippen LogP contribution in [0.5, 0.6) is 0 Å². The smallest absolute Gasteiger partial charge is 0.245 e. The number of carbonyl (C=O) groups excluding carboxylic acids is 1. The van der Waals surface area contributed by atoms with Gasteiger partial charge in [-0.25, -0.2) is 12.8 Å². The van der Waals surface area contributed by atoms with Gasteiger partial charge < -0.3 is 11.1 Å². The summed E-state index contributed by atoms with van der Waals surface area (Å²) >= 11 is 0. The standard InChI is InChI=1S/C18H28FN3O3S.ClH/c1-3-18(4-2,13-20)21-17(23)14-9-11-22(12-10-14)26(24,25)16-8-6-5-7-15(16)19;/h5-8,14H,3-4,9-13,20H2,1-2H3,(H,21,23);1H. The summed E-state index contributed by atoms with van der Waals surface area (Å²) in [5.41, 5.74) is 5.42. The Labute approximate surface area is 167 Å². The maximum Gasteiger partial charge on any atom is 0.245 e. The van der Waals surface area contributed by atoms with E-state index in [0.29, 0.717) is 19.4 Å². The molecule has 0 spiro atoms. The van der Waals surface area contributed by atoms with Crippen LogP contribution >= 0.6 is 12.4 Å². The van der Waals surface area contributed by atoms with Crippen LogP contribution in [0.4, 0.5) is 4.39 Å². The highest BCUT2D eigenvalue weighted by Gasteiger charge is 2.35. The van der Waals surface area contributed by atoms with Gasteiger partial charge in [-0.15, -0.1) is 12.4 Å². The monoisotopic (exact) mass is 421 g/mol. The molecule has 2 rings (SSSR count). The van der Waals surface area contributed by atoms with Crippen LogP contribution in [0.1, 0.15) is 39.5 Å². The fourth-order valence-corrected chi connectivity index (χ4v) is 4.82. The average Bonchev–Trinajstić information content (AvgIpc) is 2.66. The summed E-state index contributed by atoms with van der Waals surface area (Å²) in [4.78, 5) is 12.3. The number of nitrogens with zero attached hydrogens (tertiary/aromatic N) is 1. The number of sulfonamides is 1. The van der Waals surface area contributed by atoms with Crippen LogP contribution in [0.25, 0.3) is 0 Å². The van der Waals surface area contributed by atoms with E-state index in [9.17, 15) is 17.6 Å². The van der Waals surface area contributed by atoms with Gasteiger partial charge in [-0.1, -0.05) is 26.0 Å². The Hall–Kier alpha value is -1.22. The summed E-state index contributed by atoms with van der Waals surface area (Å²) in [6.07, 6.45) is 2.31. The second-order valence-corrected chi connectivity index (χ2v) is 8.70. The maximum absolute atomic E-state index is 13.9. The lowest BCUT2D eigenvalue weighted by atomic mass is 9.90. The van der Waals surface area contributed by atoms with E-state index >= 15 is 0 Å². The Kier molecular flexibility index (Phi) is 8.66. The zero-order valence-electron chi connectivity index (χ0n) is 15.8. The number of hydrogen-bond acceptors (Lipinski definition) is 4. The first-order valence-electron chi connectivity index (χ1n) is 9.06. The number of halogens is 2. The van der Waals surface area contributed by atoms with E-state index in [1.807, 2.05) is 13.8 Å². The zero-order valence-corrected chi connectivity index (χ0v) is 17.4. The second kappa shape index (κ2) is 9.82. The predicted octanol–water partition coefficient (Wildman–Crippen LogP) is 2.28. The number of benzene rings is 1. The molecule has 0 radical (unpaired) electrons. The van der Waals surface area contributed by atoms with Gasteiger partial charge >= 0.3 is 0 Å². The Morgan fingerprint density at radius 2 is 1.81 bits per heavy atom. The van der Waals surface area contributed by atoms with E-state index in [2.05, 4.69) is 5.32 Å². The molecule has 9 heteroatoms. The largest absolute Gasteiger partial charge is 0.349 e. The molecule has 0 aliphatic carbocycles. The van der Waals surface area contributed by atoms with Gasteiger partial charge in [0.2, 0.25) is 15.9 Å². The van der Waals surface area contributed by atoms with Crippen LogP contribution in [0.15, 0.2) is 29.2 Å². The first kappa shape index (κ1) is 23.8. The highest BCUT2D eigenvalue weighted by molar-refractivity contribution is 7.89. The summed E-state index contributed by atoms with van der Waals surface area (Å²) in [5.74, 6) is -1.10. The number of rotatable bonds is 7. The zero-order chi connectivity index (χ0) is 19.4. The predicted molar refractivity (Wildman–Crippen MR) is 106 cm³/mol. The van der Waals surface area contributed by atoms with Crippen molar-refractivity contribution in [1.29, 1.82) is 0 Å². The average molecular weight is 422 g/mol. The summed E-state index contributed by atoms with van der Waals surface area (Å²) in [6.45, 7) is 4.73. The minimum Gasteiger partial charge on any atom is -0.349 e. The number of amides is 1. The van der Waals surface area contributed by atoms with E-state index < -0.39 is 21.4 Å². The van der Waals surface area contributed by atoms with Crippen molar-refractivity contribution >= 4 is 28.3 Å². The van der Waals surface area contributed by atoms with Crippen molar-refractivity contribution in [1.82, 2.24) is 9.62 Å². The van der Waals surface area contributed by atoms with E-state index in [1.54, 1.807) is 0 Å². The summed E-state index contributed by atoms with van der Waals surface area (Å²) in [6, 6.07) is 5.35. The molecule has 1 saturated heterocycles. The topological polar surface area (TPSA) is 92.5 Å². The Morgan fingerprint density at radius 1 is 1.26 bits per heavy atom. The number of hydrogen-bond donors (Lipinski definition) is 2. The molecule has 0 atom stereocenters. The third-order valence-electron chi connectivity index (χ3n) is 5.41. The summed E-state index contributed by atoms with van der Waals surface area (Å²) in [5, 5.41) is 3.05. The van der Waals surface area contributed by atoms with Gasteiger partial charge in [0, 0.05) is 25.6 Å². The van der Waals surface area contributed by atoms with Gasteiger partial charge in [-0.05, 0) is 37.8 Å². The Morgan fingerprint density at radius 3 is 2.30 bits per heavy atom. The lowest BCUT2D eigenvalue weighted by Gasteiger charge is -2.35. The number of piperidine rings is 1. The molecule has 6 nitrogen and oxygen atoms in total. The van der Waals surface area contributed by atoms with Crippen LogP contribution in [0.2, 0.25) is 0 Å². The SMILES string of the molecule is CCC(CC)(CN)NC(=O)C1CCN(S(=O)(=O)c2ccccc2F)CC1.Cl. The number of nitrogens with one attached hydrogen (secondary N) is 1. The lowest BCUT2D eigenvalue weighted by molar-refractivity contribution is -0.128. The summed E-state index contributed by atoms with van der Waals surface area (Å²) in [7, 11) is -3.88. The maximum atomic E-state index is 13.9. The third kappa shape index (κ3) is 5.19. The van der Waals surface area contributed by atoms with E-state index in [-0.39, 0.29) is 42.2 Å². The summed E-state index contributed by atoms with van der Waals surface area (Å²) < 4.78 is 40.4. The van der Waals surface area contributed by atoms with Crippen LogP contribution in [0.3, 0.4) is 0 Å². The van der Waals surface area contributed by atoms with Gasteiger partial charge in [0.25, 0.3) is 0 Å². The fourth-order valence-electron chi connectivity index (χ4n) is 3.28. The molecule has 0 unspecified atom stereocenters. The molecule has 0 aromatic heterocycles. The molecule has 3 N–H and O–H groups in total. The van der Waals surface area contributed by atoms with Crippen molar-refractivity contribution in [3.8, 4) is 0 Å². The molecule has 27 heavy (non-hydrogen) atoms. The highest BCUT2D eigenvalue weighted by Crippen LogP contribution is 2.26. The van der Waals surface area contributed by atoms with Crippen molar-refractivity contribution in [2.75, 3.05) is 19.6 Å². The molecule has 1 heterocycles. The van der Waals surface area contributed by atoms with E-state index in [0.717, 1.165) is 18.9 Å². The van der Waals surface area contributed by atoms with Crippen molar-refractivity contribution in [3.05, 3.63) is 30.1 Å². The molecule has 0 saturated carbocycles. The number of carbonyl (C=O) groups is 1. The first-order chi connectivity index (χ1) is 12.3. The Bertz CT molecular complexity index is 725. The fraction of sp³-hybridized carbons (Fsp3) is 0.611. The van der Waals surface area contributed by atoms with E-state index in [4.69, 9.17) is 5.73 Å². The van der Waals surface area contributed by atoms with Gasteiger partial charge in [-0.3, -0.25) is 4.79 Å². The van der Waals surface area contributed by atoms with Gasteiger partial charge in [0.15, 0.2) is 0 Å². The molecule has 1 fully saturated rings. The molecule has 154 valence electrons. The highest BCUT2D eigenvalue weighted by atomic mass is 35.5. The first-order valence-corrected chi connectivity index (χ1v) is 10.5. The normalized spacial score (nSPS) is 16.6. The minimum absolute atomic E-state index is 0. The van der Waals surface area contributed by atoms with Crippen LogP contribution in [-0.2, 0) is 14.8 Å². The van der Waals surface area contributed by atoms with E-state index in [1.165, 1.54) is 22.5 Å². The quantitative estimate of drug-likeness (QED) is 0.706. The molecule has 1 aliphatic heterocycles. The van der Waals surface area contributed by atoms with Crippen molar-refractivity contribution < 1.29 is 17.6 Å². The van der Waals surface area contributed by atoms with Crippen molar-refractivity contribution in [2.24, 2.45) is 11.7 Å². The van der Waals surface area contributed by atoms with Crippen LogP contribution in [0, 0.1) is 11.7 Å². The molecule has 1 amide bonds. The molecule has 1 aromatic rings. The van der Waals surface area contributed by atoms with Crippen LogP contribution < -0.4 is 11.1 Å². The van der Waals surface area contributed by atoms with Gasteiger partial charge in [0.05, 0.1) is 5.54 Å². The third-order valence-corrected chi connectivity index (χ3v) is 7.34. The molecule has 1 aromatic carbocycles. The van der Waals surface area contributed by atoms with Crippen LogP contribution in [-0.4, -0.2) is 43.8 Å². The second-order valence-electron chi connectivity index (χ2n) is 6.79. The minimum atomic E-state index is -3.88. The molecule has 0 bridgehead atoms. The molecule has 1 aliphatic rings. The van der Waals surface area contributed by atoms with Crippen molar-refractivity contribution in [3.63, 3.8) is 0 Å². The number of nitrogens with two attached hydrogens (primary N) is 1.